The molecule has 0 fully saturated rings. The van der Waals surface area contributed by atoms with Crippen LogP contribution in [0.3, 0.4) is 0 Å². The zero-order valence-electron chi connectivity index (χ0n) is 30.6. The zero-order valence-corrected chi connectivity index (χ0v) is 30.6. The average Bonchev–Trinajstić information content (AvgIpc) is 3.45. The van der Waals surface area contributed by atoms with Gasteiger partial charge in [-0.1, -0.05) is 147 Å². The molecule has 2 aliphatic rings. The van der Waals surface area contributed by atoms with E-state index in [0.717, 1.165) is 0 Å². The van der Waals surface area contributed by atoms with Crippen LogP contribution in [0.1, 0.15) is 25.0 Å². The van der Waals surface area contributed by atoms with E-state index >= 15 is 0 Å². The van der Waals surface area contributed by atoms with E-state index < -0.39 is 0 Å². The summed E-state index contributed by atoms with van der Waals surface area (Å²) in [5.74, 6) is 0. The van der Waals surface area contributed by atoms with Crippen LogP contribution in [0, 0.1) is 0 Å². The van der Waals surface area contributed by atoms with Gasteiger partial charge in [0.05, 0.1) is 28.4 Å². The molecule has 0 spiro atoms. The first-order valence-corrected chi connectivity index (χ1v) is 18.9. The molecule has 0 saturated heterocycles. The van der Waals surface area contributed by atoms with Gasteiger partial charge in [0.25, 0.3) is 0 Å². The van der Waals surface area contributed by atoms with Gasteiger partial charge in [-0.05, 0) is 109 Å². The molecule has 0 unspecified atom stereocenters. The van der Waals surface area contributed by atoms with Crippen LogP contribution in [0.15, 0.2) is 176 Å². The molecule has 0 N–H and O–H groups in total. The molecule has 11 rings (SSSR count). The molecule has 1 aliphatic heterocycles. The topological polar surface area (TPSA) is 6.48 Å². The Labute approximate surface area is 316 Å². The highest BCUT2D eigenvalue weighted by atomic mass is 15.3. The SMILES string of the molecule is CN1c2ccccc2N(c2c3ccccc3c(-c3ccc4c(c3)C(C)(C)c3ccccc3-4)c3cc(-c4ccc5ccccc5c4)ccc23)c2ccccc21. The predicted molar refractivity (Wildman–Crippen MR) is 230 cm³/mol. The lowest BCUT2D eigenvalue weighted by Crippen LogP contribution is -2.24. The molecule has 2 heteroatoms. The second-order valence-electron chi connectivity index (χ2n) is 15.4. The second kappa shape index (κ2) is 11.4. The molecule has 1 heterocycles. The van der Waals surface area contributed by atoms with Crippen LogP contribution < -0.4 is 9.80 Å². The largest absolute Gasteiger partial charge is 0.341 e. The van der Waals surface area contributed by atoms with Gasteiger partial charge in [0.2, 0.25) is 0 Å². The highest BCUT2D eigenvalue weighted by molar-refractivity contribution is 6.24. The van der Waals surface area contributed by atoms with Crippen LogP contribution >= 0.6 is 0 Å². The predicted octanol–water partition coefficient (Wildman–Crippen LogP) is 14.3. The maximum atomic E-state index is 2.51. The summed E-state index contributed by atoms with van der Waals surface area (Å²) in [7, 11) is 2.18. The van der Waals surface area contributed by atoms with Gasteiger partial charge < -0.3 is 9.80 Å². The van der Waals surface area contributed by atoms with Crippen molar-refractivity contribution in [2.45, 2.75) is 19.3 Å². The fourth-order valence-electron chi connectivity index (χ4n) is 9.49. The van der Waals surface area contributed by atoms with Crippen LogP contribution in [0.5, 0.6) is 0 Å². The molecule has 0 aromatic heterocycles. The second-order valence-corrected chi connectivity index (χ2v) is 15.4. The first-order chi connectivity index (χ1) is 26.5. The lowest BCUT2D eigenvalue weighted by atomic mass is 9.80. The van der Waals surface area contributed by atoms with E-state index in [4.69, 9.17) is 0 Å². The molecule has 9 aromatic rings. The summed E-state index contributed by atoms with van der Waals surface area (Å²) >= 11 is 0. The molecular weight excluding hydrogens is 653 g/mol. The Morgan fingerprint density at radius 2 is 0.944 bits per heavy atom. The minimum absolute atomic E-state index is 0.100. The smallest absolute Gasteiger partial charge is 0.0700 e. The lowest BCUT2D eigenvalue weighted by Gasteiger charge is -2.39. The van der Waals surface area contributed by atoms with Crippen molar-refractivity contribution >= 4 is 60.8 Å². The van der Waals surface area contributed by atoms with Crippen LogP contribution in [-0.2, 0) is 5.41 Å². The van der Waals surface area contributed by atoms with Crippen molar-refractivity contribution in [2.75, 3.05) is 16.8 Å². The Morgan fingerprint density at radius 3 is 1.72 bits per heavy atom. The summed E-state index contributed by atoms with van der Waals surface area (Å²) in [6.07, 6.45) is 0. The number of fused-ring (bicyclic) bond motifs is 8. The molecule has 2 nitrogen and oxygen atoms in total. The molecule has 0 amide bonds. The van der Waals surface area contributed by atoms with E-state index in [1.54, 1.807) is 0 Å². The van der Waals surface area contributed by atoms with Crippen LogP contribution in [0.25, 0.3) is 65.7 Å². The van der Waals surface area contributed by atoms with Crippen LogP contribution in [0.2, 0.25) is 0 Å². The van der Waals surface area contributed by atoms with E-state index in [1.807, 2.05) is 0 Å². The Morgan fingerprint density at radius 1 is 0.389 bits per heavy atom. The molecule has 9 aromatic carbocycles. The average molecular weight is 691 g/mol. The van der Waals surface area contributed by atoms with Gasteiger partial charge in [-0.3, -0.25) is 0 Å². The quantitative estimate of drug-likeness (QED) is 0.170. The minimum Gasteiger partial charge on any atom is -0.341 e. The lowest BCUT2D eigenvalue weighted by molar-refractivity contribution is 0.660. The maximum Gasteiger partial charge on any atom is 0.0700 e. The van der Waals surface area contributed by atoms with Gasteiger partial charge in [0, 0.05) is 23.2 Å². The molecule has 256 valence electrons. The normalized spacial score (nSPS) is 13.9. The summed E-state index contributed by atoms with van der Waals surface area (Å²) in [5, 5.41) is 7.46. The van der Waals surface area contributed by atoms with Gasteiger partial charge in [0.15, 0.2) is 0 Å². The summed E-state index contributed by atoms with van der Waals surface area (Å²) in [5.41, 5.74) is 16.2. The number of benzene rings is 9. The number of nitrogens with zero attached hydrogens (tertiary/aromatic N) is 2. The molecule has 54 heavy (non-hydrogen) atoms. The van der Waals surface area contributed by atoms with Crippen molar-refractivity contribution in [3.8, 4) is 33.4 Å². The van der Waals surface area contributed by atoms with Crippen molar-refractivity contribution in [2.24, 2.45) is 0 Å². The summed E-state index contributed by atoms with van der Waals surface area (Å²) in [6.45, 7) is 4.75. The van der Waals surface area contributed by atoms with E-state index in [2.05, 4.69) is 207 Å². The summed E-state index contributed by atoms with van der Waals surface area (Å²) < 4.78 is 0. The molecule has 0 bridgehead atoms. The van der Waals surface area contributed by atoms with Gasteiger partial charge in [0.1, 0.15) is 0 Å². The van der Waals surface area contributed by atoms with E-state index in [9.17, 15) is 0 Å². The first-order valence-electron chi connectivity index (χ1n) is 18.9. The standard InChI is InChI=1S/C52H38N2/c1-52(2)44-19-9-8-16-38(44)39-28-27-37(32-45(39)52)50-40-17-6-7-18-41(40)51(54-48-22-12-10-20-46(48)53(3)47-21-11-13-23-49(47)54)42-29-26-36(31-43(42)50)35-25-24-33-14-4-5-15-34(33)30-35/h4-32H,1-3H3. The third-order valence-electron chi connectivity index (χ3n) is 12.1. The van der Waals surface area contributed by atoms with Crippen molar-refractivity contribution < 1.29 is 0 Å². The first kappa shape index (κ1) is 30.9. The maximum absolute atomic E-state index is 2.51. The Bertz CT molecular complexity index is 2960. The fraction of sp³-hybridized carbons (Fsp3) is 0.0769. The fourth-order valence-corrected chi connectivity index (χ4v) is 9.49. The van der Waals surface area contributed by atoms with Crippen LogP contribution in [0.4, 0.5) is 28.4 Å². The van der Waals surface area contributed by atoms with Crippen molar-refractivity contribution in [1.82, 2.24) is 0 Å². The van der Waals surface area contributed by atoms with Gasteiger partial charge in [-0.2, -0.15) is 0 Å². The monoisotopic (exact) mass is 690 g/mol. The molecule has 1 aliphatic carbocycles. The third kappa shape index (κ3) is 4.34. The Kier molecular flexibility index (Phi) is 6.55. The van der Waals surface area contributed by atoms with Crippen molar-refractivity contribution in [3.05, 3.63) is 187 Å². The highest BCUT2D eigenvalue weighted by Crippen LogP contribution is 2.56. The number of hydrogen-bond acceptors (Lipinski definition) is 2. The van der Waals surface area contributed by atoms with Crippen LogP contribution in [-0.4, -0.2) is 7.05 Å². The zero-order chi connectivity index (χ0) is 36.1. The van der Waals surface area contributed by atoms with Gasteiger partial charge in [-0.15, -0.1) is 0 Å². The number of anilines is 5. The molecular formula is C52H38N2. The number of hydrogen-bond donors (Lipinski definition) is 0. The van der Waals surface area contributed by atoms with E-state index in [1.165, 1.54) is 105 Å². The van der Waals surface area contributed by atoms with Crippen molar-refractivity contribution in [1.29, 1.82) is 0 Å². The number of para-hydroxylation sites is 4. The Balaban J connectivity index is 1.25. The number of rotatable bonds is 3. The highest BCUT2D eigenvalue weighted by Gasteiger charge is 2.36. The van der Waals surface area contributed by atoms with Gasteiger partial charge in [-0.25, -0.2) is 0 Å². The summed E-state index contributed by atoms with van der Waals surface area (Å²) in [6, 6.07) is 65.4. The summed E-state index contributed by atoms with van der Waals surface area (Å²) in [4.78, 5) is 4.83. The molecule has 0 atom stereocenters. The Hall–Kier alpha value is -6.64. The molecule has 0 radical (unpaired) electrons. The minimum atomic E-state index is -0.100. The van der Waals surface area contributed by atoms with Gasteiger partial charge >= 0.3 is 0 Å². The van der Waals surface area contributed by atoms with E-state index in [-0.39, 0.29) is 5.41 Å². The third-order valence-corrected chi connectivity index (χ3v) is 12.1. The van der Waals surface area contributed by atoms with Crippen molar-refractivity contribution in [3.63, 3.8) is 0 Å². The van der Waals surface area contributed by atoms with E-state index in [0.29, 0.717) is 0 Å². The molecule has 0 saturated carbocycles.